The van der Waals surface area contributed by atoms with Gasteiger partial charge in [0.15, 0.2) is 0 Å². The number of ether oxygens (including phenoxy) is 2. The third-order valence-electron chi connectivity index (χ3n) is 1.93. The molecule has 1 aromatic heterocycles. The highest BCUT2D eigenvalue weighted by molar-refractivity contribution is 5.18. The molecule has 1 heterocycles. The minimum absolute atomic E-state index is 0.101. The van der Waals surface area contributed by atoms with Crippen LogP contribution in [0, 0.1) is 0 Å². The molecule has 0 aliphatic heterocycles. The molecule has 0 aromatic carbocycles. The van der Waals surface area contributed by atoms with Gasteiger partial charge in [-0.3, -0.25) is 0 Å². The Morgan fingerprint density at radius 3 is 2.71 bits per heavy atom. The first-order valence-electron chi connectivity index (χ1n) is 6.04. The highest BCUT2D eigenvalue weighted by Crippen LogP contribution is 2.13. The Morgan fingerprint density at radius 2 is 2.00 bits per heavy atom. The first-order valence-corrected chi connectivity index (χ1v) is 6.04. The molecule has 0 bridgehead atoms. The Balaban J connectivity index is 2.32. The van der Waals surface area contributed by atoms with Crippen molar-refractivity contribution in [3.05, 3.63) is 12.4 Å². The number of hydrogen-bond donors (Lipinski definition) is 1. The molecular formula is C12H21N3O2. The molecule has 0 amide bonds. The average molecular weight is 239 g/mol. The number of nitrogens with one attached hydrogen (secondary N) is 1. The van der Waals surface area contributed by atoms with Gasteiger partial charge in [-0.1, -0.05) is 6.92 Å². The van der Waals surface area contributed by atoms with Crippen molar-refractivity contribution in [3.8, 4) is 11.8 Å². The van der Waals surface area contributed by atoms with Gasteiger partial charge in [-0.25, -0.2) is 9.97 Å². The van der Waals surface area contributed by atoms with Crippen LogP contribution < -0.4 is 14.8 Å². The van der Waals surface area contributed by atoms with Gasteiger partial charge in [-0.05, 0) is 26.8 Å². The van der Waals surface area contributed by atoms with Crippen LogP contribution in [-0.2, 0) is 0 Å². The Bertz CT molecular complexity index is 318. The third-order valence-corrected chi connectivity index (χ3v) is 1.93. The van der Waals surface area contributed by atoms with E-state index in [1.807, 2.05) is 13.8 Å². The lowest BCUT2D eigenvalue weighted by molar-refractivity contribution is 0.228. The van der Waals surface area contributed by atoms with Crippen LogP contribution >= 0.6 is 0 Å². The molecule has 0 saturated heterocycles. The Morgan fingerprint density at radius 1 is 1.24 bits per heavy atom. The fourth-order valence-electron chi connectivity index (χ4n) is 1.24. The monoisotopic (exact) mass is 239 g/mol. The lowest BCUT2D eigenvalue weighted by Gasteiger charge is -2.10. The van der Waals surface area contributed by atoms with Crippen molar-refractivity contribution < 1.29 is 9.47 Å². The standard InChI is InChI=1S/C12H21N3O2/c1-4-5-13-6-7-16-11-8-12(15-9-14-11)17-10(2)3/h8-10,13H,4-7H2,1-3H3. The smallest absolute Gasteiger partial charge is 0.220 e. The largest absolute Gasteiger partial charge is 0.476 e. The topological polar surface area (TPSA) is 56.3 Å². The summed E-state index contributed by atoms with van der Waals surface area (Å²) in [6.45, 7) is 8.47. The van der Waals surface area contributed by atoms with E-state index in [9.17, 15) is 0 Å². The van der Waals surface area contributed by atoms with E-state index >= 15 is 0 Å². The molecule has 96 valence electrons. The van der Waals surface area contributed by atoms with Gasteiger partial charge < -0.3 is 14.8 Å². The van der Waals surface area contributed by atoms with Gasteiger partial charge in [0, 0.05) is 6.54 Å². The van der Waals surface area contributed by atoms with Crippen molar-refractivity contribution in [2.75, 3.05) is 19.7 Å². The Hall–Kier alpha value is -1.36. The molecule has 1 rings (SSSR count). The van der Waals surface area contributed by atoms with E-state index in [1.54, 1.807) is 6.07 Å². The van der Waals surface area contributed by atoms with Crippen LogP contribution in [0.3, 0.4) is 0 Å². The maximum Gasteiger partial charge on any atom is 0.220 e. The highest BCUT2D eigenvalue weighted by Gasteiger charge is 2.02. The van der Waals surface area contributed by atoms with Crippen LogP contribution in [0.2, 0.25) is 0 Å². The number of rotatable bonds is 8. The average Bonchev–Trinajstić information content (AvgIpc) is 2.28. The van der Waals surface area contributed by atoms with E-state index in [4.69, 9.17) is 9.47 Å². The zero-order chi connectivity index (χ0) is 12.5. The third kappa shape index (κ3) is 6.06. The van der Waals surface area contributed by atoms with Crippen LogP contribution in [0.5, 0.6) is 11.8 Å². The van der Waals surface area contributed by atoms with Crippen molar-refractivity contribution in [2.24, 2.45) is 0 Å². The first-order chi connectivity index (χ1) is 8.22. The van der Waals surface area contributed by atoms with Gasteiger partial charge in [-0.15, -0.1) is 0 Å². The molecule has 5 nitrogen and oxygen atoms in total. The molecule has 0 unspecified atom stereocenters. The lowest BCUT2D eigenvalue weighted by atomic mass is 10.5. The van der Waals surface area contributed by atoms with Gasteiger partial charge in [0.1, 0.15) is 12.9 Å². The SMILES string of the molecule is CCCNCCOc1cc(OC(C)C)ncn1. The summed E-state index contributed by atoms with van der Waals surface area (Å²) in [5, 5.41) is 3.25. The first kappa shape index (κ1) is 13.7. The molecule has 1 N–H and O–H groups in total. The summed E-state index contributed by atoms with van der Waals surface area (Å²) >= 11 is 0. The van der Waals surface area contributed by atoms with Gasteiger partial charge in [0.05, 0.1) is 12.2 Å². The van der Waals surface area contributed by atoms with Crippen LogP contribution in [0.1, 0.15) is 27.2 Å². The van der Waals surface area contributed by atoms with Crippen molar-refractivity contribution >= 4 is 0 Å². The number of nitrogens with zero attached hydrogens (tertiary/aromatic N) is 2. The fraction of sp³-hybridized carbons (Fsp3) is 0.667. The lowest BCUT2D eigenvalue weighted by Crippen LogP contribution is -2.21. The van der Waals surface area contributed by atoms with Crippen LogP contribution in [0.25, 0.3) is 0 Å². The molecule has 0 fully saturated rings. The maximum absolute atomic E-state index is 5.48. The minimum atomic E-state index is 0.101. The molecule has 0 aliphatic rings. The van der Waals surface area contributed by atoms with E-state index in [0.717, 1.165) is 19.5 Å². The van der Waals surface area contributed by atoms with Crippen molar-refractivity contribution in [3.63, 3.8) is 0 Å². The Labute approximate surface area is 103 Å². The molecular weight excluding hydrogens is 218 g/mol. The summed E-state index contributed by atoms with van der Waals surface area (Å²) in [6.07, 6.45) is 2.68. The Kier molecular flexibility index (Phi) is 6.32. The number of aromatic nitrogens is 2. The van der Waals surface area contributed by atoms with Crippen molar-refractivity contribution in [1.29, 1.82) is 0 Å². The summed E-state index contributed by atoms with van der Waals surface area (Å²) in [7, 11) is 0. The van der Waals surface area contributed by atoms with Gasteiger partial charge in [0.2, 0.25) is 11.8 Å². The molecule has 0 aliphatic carbocycles. The molecule has 1 aromatic rings. The maximum atomic E-state index is 5.48. The zero-order valence-electron chi connectivity index (χ0n) is 10.8. The van der Waals surface area contributed by atoms with Crippen LogP contribution in [0.15, 0.2) is 12.4 Å². The predicted molar refractivity (Wildman–Crippen MR) is 66.5 cm³/mol. The van der Waals surface area contributed by atoms with Gasteiger partial charge >= 0.3 is 0 Å². The van der Waals surface area contributed by atoms with Crippen LogP contribution in [-0.4, -0.2) is 35.8 Å². The summed E-state index contributed by atoms with van der Waals surface area (Å²) in [6, 6.07) is 1.71. The molecule has 0 radical (unpaired) electrons. The van der Waals surface area contributed by atoms with E-state index in [1.165, 1.54) is 6.33 Å². The van der Waals surface area contributed by atoms with E-state index in [0.29, 0.717) is 18.4 Å². The van der Waals surface area contributed by atoms with Crippen LogP contribution in [0.4, 0.5) is 0 Å². The molecule has 0 spiro atoms. The molecule has 17 heavy (non-hydrogen) atoms. The van der Waals surface area contributed by atoms with E-state index in [2.05, 4.69) is 22.2 Å². The van der Waals surface area contributed by atoms with Crippen molar-refractivity contribution in [1.82, 2.24) is 15.3 Å². The second kappa shape index (κ2) is 7.84. The summed E-state index contributed by atoms with van der Waals surface area (Å²) in [5.74, 6) is 1.10. The normalized spacial score (nSPS) is 10.6. The van der Waals surface area contributed by atoms with Gasteiger partial charge in [0.25, 0.3) is 0 Å². The summed E-state index contributed by atoms with van der Waals surface area (Å²) in [4.78, 5) is 8.03. The van der Waals surface area contributed by atoms with Crippen molar-refractivity contribution in [2.45, 2.75) is 33.3 Å². The molecule has 0 atom stereocenters. The molecule has 0 saturated carbocycles. The fourth-order valence-corrected chi connectivity index (χ4v) is 1.24. The molecule has 5 heteroatoms. The zero-order valence-corrected chi connectivity index (χ0v) is 10.8. The quantitative estimate of drug-likeness (QED) is 0.699. The second-order valence-corrected chi connectivity index (χ2v) is 3.96. The summed E-state index contributed by atoms with van der Waals surface area (Å²) < 4.78 is 10.9. The number of hydrogen-bond acceptors (Lipinski definition) is 5. The van der Waals surface area contributed by atoms with Gasteiger partial charge in [-0.2, -0.15) is 0 Å². The minimum Gasteiger partial charge on any atom is -0.476 e. The highest BCUT2D eigenvalue weighted by atomic mass is 16.5. The van der Waals surface area contributed by atoms with E-state index in [-0.39, 0.29) is 6.10 Å². The predicted octanol–water partition coefficient (Wildman–Crippen LogP) is 1.64. The summed E-state index contributed by atoms with van der Waals surface area (Å²) in [5.41, 5.74) is 0. The second-order valence-electron chi connectivity index (χ2n) is 3.96. The van der Waals surface area contributed by atoms with E-state index < -0.39 is 0 Å².